The van der Waals surface area contributed by atoms with Gasteiger partial charge in [-0.25, -0.2) is 14.4 Å². The minimum Gasteiger partial charge on any atom is -0.362 e. The second-order valence-corrected chi connectivity index (χ2v) is 8.46. The normalized spacial score (nSPS) is 16.1. The number of hydrogen-bond acceptors (Lipinski definition) is 3. The first-order valence-corrected chi connectivity index (χ1v) is 10.5. The first-order valence-electron chi connectivity index (χ1n) is 8.47. The fraction of sp³-hybridized carbons (Fsp3) is 0.389. The molecule has 4 nitrogen and oxygen atoms in total. The molecule has 0 radical (unpaired) electrons. The van der Waals surface area contributed by atoms with E-state index in [0.717, 1.165) is 12.8 Å². The van der Waals surface area contributed by atoms with E-state index in [1.54, 1.807) is 6.20 Å². The Morgan fingerprint density at radius 3 is 2.50 bits per heavy atom. The number of thiocarbonyl (C=S) groups is 1. The largest absolute Gasteiger partial charge is 0.362 e. The molecular formula is C18H19Br2FN4S. The molecule has 0 spiro atoms. The molecule has 2 N–H and O–H groups in total. The lowest BCUT2D eigenvalue weighted by Gasteiger charge is -2.38. The molecule has 26 heavy (non-hydrogen) atoms. The fourth-order valence-corrected chi connectivity index (χ4v) is 4.51. The van der Waals surface area contributed by atoms with Crippen LogP contribution in [0.1, 0.15) is 37.7 Å². The van der Waals surface area contributed by atoms with Gasteiger partial charge in [-0.1, -0.05) is 31.4 Å². The molecule has 0 atom stereocenters. The lowest BCUT2D eigenvalue weighted by atomic mass is 9.69. The van der Waals surface area contributed by atoms with Gasteiger partial charge in [0.1, 0.15) is 15.0 Å². The molecule has 2 aromatic rings. The number of rotatable bonds is 4. The molecule has 1 aromatic carbocycles. The molecule has 1 aliphatic rings. The topological polar surface area (TPSA) is 49.8 Å². The van der Waals surface area contributed by atoms with Gasteiger partial charge in [-0.15, -0.1) is 0 Å². The first-order chi connectivity index (χ1) is 12.5. The molecule has 3 rings (SSSR count). The summed E-state index contributed by atoms with van der Waals surface area (Å²) in [7, 11) is 0. The molecule has 0 amide bonds. The van der Waals surface area contributed by atoms with E-state index >= 15 is 0 Å². The molecular weight excluding hydrogens is 483 g/mol. The predicted molar refractivity (Wildman–Crippen MR) is 113 cm³/mol. The van der Waals surface area contributed by atoms with Crippen molar-refractivity contribution in [1.29, 1.82) is 0 Å². The molecule has 0 aliphatic heterocycles. The summed E-state index contributed by atoms with van der Waals surface area (Å²) in [6.07, 6.45) is 7.32. The third-order valence-electron chi connectivity index (χ3n) is 4.79. The van der Waals surface area contributed by atoms with Crippen LogP contribution in [-0.2, 0) is 5.41 Å². The quantitative estimate of drug-likeness (QED) is 0.554. The lowest BCUT2D eigenvalue weighted by Crippen LogP contribution is -2.43. The van der Waals surface area contributed by atoms with Crippen LogP contribution in [0.25, 0.3) is 0 Å². The summed E-state index contributed by atoms with van der Waals surface area (Å²) in [5, 5.41) is 6.89. The summed E-state index contributed by atoms with van der Waals surface area (Å²) in [6, 6.07) is 6.87. The smallest absolute Gasteiger partial charge is 0.172 e. The van der Waals surface area contributed by atoms with Crippen LogP contribution in [-0.4, -0.2) is 21.6 Å². The van der Waals surface area contributed by atoms with Crippen LogP contribution in [0, 0.1) is 5.82 Å². The van der Waals surface area contributed by atoms with E-state index in [1.807, 2.05) is 12.1 Å². The van der Waals surface area contributed by atoms with Gasteiger partial charge in [0, 0.05) is 12.0 Å². The average molecular weight is 502 g/mol. The Bertz CT molecular complexity index is 779. The van der Waals surface area contributed by atoms with Crippen molar-refractivity contribution in [2.24, 2.45) is 0 Å². The first kappa shape index (κ1) is 19.6. The van der Waals surface area contributed by atoms with Gasteiger partial charge < -0.3 is 10.6 Å². The Morgan fingerprint density at radius 2 is 1.85 bits per heavy atom. The average Bonchev–Trinajstić information content (AvgIpc) is 2.64. The highest BCUT2D eigenvalue weighted by atomic mass is 79.9. The molecule has 0 bridgehead atoms. The maximum Gasteiger partial charge on any atom is 0.172 e. The van der Waals surface area contributed by atoms with E-state index in [1.165, 1.54) is 37.0 Å². The summed E-state index contributed by atoms with van der Waals surface area (Å²) in [6.45, 7) is 0.700. The Kier molecular flexibility index (Phi) is 6.58. The predicted octanol–water partition coefficient (Wildman–Crippen LogP) is 5.33. The highest BCUT2D eigenvalue weighted by molar-refractivity contribution is 9.11. The molecule has 1 aliphatic carbocycles. The number of nitrogens with zero attached hydrogens (tertiary/aromatic N) is 2. The van der Waals surface area contributed by atoms with Crippen molar-refractivity contribution < 1.29 is 4.39 Å². The van der Waals surface area contributed by atoms with Gasteiger partial charge in [0.15, 0.2) is 10.9 Å². The third kappa shape index (κ3) is 4.78. The van der Waals surface area contributed by atoms with Crippen LogP contribution in [0.5, 0.6) is 0 Å². The molecule has 8 heteroatoms. The van der Waals surface area contributed by atoms with E-state index in [2.05, 4.69) is 52.5 Å². The van der Waals surface area contributed by atoms with Crippen LogP contribution >= 0.6 is 44.1 Å². The van der Waals surface area contributed by atoms with E-state index in [-0.39, 0.29) is 11.2 Å². The Morgan fingerprint density at radius 1 is 1.15 bits per heavy atom. The third-order valence-corrected chi connectivity index (χ3v) is 5.97. The van der Waals surface area contributed by atoms with Gasteiger partial charge in [0.2, 0.25) is 0 Å². The maximum absolute atomic E-state index is 13.3. The van der Waals surface area contributed by atoms with E-state index in [4.69, 9.17) is 12.2 Å². The summed E-state index contributed by atoms with van der Waals surface area (Å²) >= 11 is 12.1. The van der Waals surface area contributed by atoms with E-state index in [0.29, 0.717) is 26.7 Å². The fourth-order valence-electron chi connectivity index (χ4n) is 3.43. The van der Waals surface area contributed by atoms with Crippen LogP contribution in [0.3, 0.4) is 0 Å². The zero-order valence-electron chi connectivity index (χ0n) is 14.1. The summed E-state index contributed by atoms with van der Waals surface area (Å²) in [5.74, 6) is 0.355. The van der Waals surface area contributed by atoms with E-state index < -0.39 is 0 Å². The van der Waals surface area contributed by atoms with Crippen LogP contribution in [0.4, 0.5) is 10.2 Å². The Balaban J connectivity index is 1.69. The highest BCUT2D eigenvalue weighted by Gasteiger charge is 2.34. The van der Waals surface area contributed by atoms with Crippen molar-refractivity contribution in [2.45, 2.75) is 37.5 Å². The van der Waals surface area contributed by atoms with Crippen molar-refractivity contribution in [3.63, 3.8) is 0 Å². The molecule has 0 unspecified atom stereocenters. The number of hydrogen-bond donors (Lipinski definition) is 2. The summed E-state index contributed by atoms with van der Waals surface area (Å²) < 4.78 is 14.6. The second-order valence-electron chi connectivity index (χ2n) is 6.49. The molecule has 0 saturated heterocycles. The molecule has 138 valence electrons. The molecule has 1 heterocycles. The number of benzene rings is 1. The van der Waals surface area contributed by atoms with Crippen molar-refractivity contribution in [1.82, 2.24) is 15.3 Å². The SMILES string of the molecule is Fc1ccc(C2(CNC(=S)Nc3ncc(Br)nc3Br)CCCCC2)cc1. The molecule has 1 fully saturated rings. The number of aromatic nitrogens is 2. The van der Waals surface area contributed by atoms with Gasteiger partial charge in [0.05, 0.1) is 6.20 Å². The van der Waals surface area contributed by atoms with Gasteiger partial charge in [-0.05, 0) is 74.6 Å². The van der Waals surface area contributed by atoms with Crippen molar-refractivity contribution in [3.05, 3.63) is 51.0 Å². The van der Waals surface area contributed by atoms with Gasteiger partial charge >= 0.3 is 0 Å². The van der Waals surface area contributed by atoms with Crippen molar-refractivity contribution in [3.8, 4) is 0 Å². The van der Waals surface area contributed by atoms with Crippen molar-refractivity contribution in [2.75, 3.05) is 11.9 Å². The minimum absolute atomic E-state index is 0.0275. The van der Waals surface area contributed by atoms with Gasteiger partial charge in [-0.3, -0.25) is 0 Å². The highest BCUT2D eigenvalue weighted by Crippen LogP contribution is 2.39. The minimum atomic E-state index is -0.205. The number of halogens is 3. The van der Waals surface area contributed by atoms with Crippen LogP contribution < -0.4 is 10.6 Å². The van der Waals surface area contributed by atoms with Gasteiger partial charge in [0.25, 0.3) is 0 Å². The van der Waals surface area contributed by atoms with Crippen molar-refractivity contribution >= 4 is 55.0 Å². The summed E-state index contributed by atoms with van der Waals surface area (Å²) in [4.78, 5) is 8.49. The monoisotopic (exact) mass is 500 g/mol. The molecule has 1 aromatic heterocycles. The Labute approximate surface area is 174 Å². The summed E-state index contributed by atoms with van der Waals surface area (Å²) in [5.41, 5.74) is 1.14. The Hall–Kier alpha value is -1.12. The standard InChI is InChI=1S/C18H19Br2FN4S/c19-14-10-22-16(15(20)24-14)25-17(26)23-11-18(8-2-1-3-9-18)12-4-6-13(21)7-5-12/h4-7,10H,1-3,8-9,11H2,(H2,22,23,25,26). The number of nitrogens with one attached hydrogen (secondary N) is 2. The second kappa shape index (κ2) is 8.71. The zero-order valence-corrected chi connectivity index (χ0v) is 18.1. The molecule has 1 saturated carbocycles. The maximum atomic E-state index is 13.3. The van der Waals surface area contributed by atoms with Crippen LogP contribution in [0.15, 0.2) is 39.7 Å². The number of anilines is 1. The van der Waals surface area contributed by atoms with Crippen LogP contribution in [0.2, 0.25) is 0 Å². The van der Waals surface area contributed by atoms with E-state index in [9.17, 15) is 4.39 Å². The zero-order chi connectivity index (χ0) is 18.6. The lowest BCUT2D eigenvalue weighted by molar-refractivity contribution is 0.292. The van der Waals surface area contributed by atoms with Gasteiger partial charge in [-0.2, -0.15) is 0 Å².